The summed E-state index contributed by atoms with van der Waals surface area (Å²) in [6.45, 7) is 4.35. The van der Waals surface area contributed by atoms with Crippen molar-refractivity contribution >= 4 is 53.9 Å². The SMILES string of the molecule is CC(C)CC1=C(c2ccc(Cl)c(Cl)c2)N=C(Nc2cccc(C=O)c2)[B]1. The molecule has 26 heavy (non-hydrogen) atoms. The molecule has 0 fully saturated rings. The van der Waals surface area contributed by atoms with Gasteiger partial charge in [0, 0.05) is 16.8 Å². The van der Waals surface area contributed by atoms with E-state index in [0.29, 0.717) is 21.5 Å². The quantitative estimate of drug-likeness (QED) is 0.530. The Balaban J connectivity index is 1.90. The number of nitrogens with zero attached hydrogens (tertiary/aromatic N) is 1. The minimum atomic E-state index is 0.493. The number of hydrogen-bond acceptors (Lipinski definition) is 3. The van der Waals surface area contributed by atoms with Crippen LogP contribution >= 0.6 is 23.2 Å². The summed E-state index contributed by atoms with van der Waals surface area (Å²) in [6, 6.07) is 12.9. The highest BCUT2D eigenvalue weighted by Crippen LogP contribution is 2.32. The molecule has 1 aliphatic heterocycles. The molecular formula is C20H18BCl2N2O. The molecule has 0 aliphatic carbocycles. The first-order valence-electron chi connectivity index (χ1n) is 8.40. The van der Waals surface area contributed by atoms with Crippen molar-refractivity contribution in [3.8, 4) is 0 Å². The molecule has 1 aliphatic rings. The van der Waals surface area contributed by atoms with Crippen LogP contribution in [0.5, 0.6) is 0 Å². The third-order valence-corrected chi connectivity index (χ3v) is 4.70. The molecule has 6 heteroatoms. The maximum absolute atomic E-state index is 11.0. The van der Waals surface area contributed by atoms with E-state index < -0.39 is 0 Å². The van der Waals surface area contributed by atoms with Crippen LogP contribution in [-0.4, -0.2) is 19.3 Å². The van der Waals surface area contributed by atoms with Crippen LogP contribution in [0.25, 0.3) is 5.70 Å². The lowest BCUT2D eigenvalue weighted by molar-refractivity contribution is 0.112. The van der Waals surface area contributed by atoms with E-state index in [0.717, 1.165) is 40.9 Å². The molecule has 3 rings (SSSR count). The first kappa shape index (κ1) is 18.7. The summed E-state index contributed by atoms with van der Waals surface area (Å²) in [7, 11) is 2.05. The number of benzene rings is 2. The highest BCUT2D eigenvalue weighted by Gasteiger charge is 2.22. The zero-order valence-corrected chi connectivity index (χ0v) is 16.1. The average Bonchev–Trinajstić information content (AvgIpc) is 2.99. The van der Waals surface area contributed by atoms with E-state index in [1.54, 1.807) is 18.2 Å². The van der Waals surface area contributed by atoms with Gasteiger partial charge in [-0.1, -0.05) is 60.7 Å². The fraction of sp³-hybridized carbons (Fsp3) is 0.200. The van der Waals surface area contributed by atoms with Gasteiger partial charge in [-0.3, -0.25) is 4.79 Å². The van der Waals surface area contributed by atoms with Crippen molar-refractivity contribution < 1.29 is 4.79 Å². The molecule has 0 spiro atoms. The second-order valence-electron chi connectivity index (χ2n) is 6.61. The fourth-order valence-electron chi connectivity index (χ4n) is 2.85. The Morgan fingerprint density at radius 3 is 2.65 bits per heavy atom. The second-order valence-corrected chi connectivity index (χ2v) is 7.42. The lowest BCUT2D eigenvalue weighted by Crippen LogP contribution is -2.18. The Morgan fingerprint density at radius 1 is 1.15 bits per heavy atom. The summed E-state index contributed by atoms with van der Waals surface area (Å²) >= 11 is 12.2. The van der Waals surface area contributed by atoms with Crippen molar-refractivity contribution in [3.63, 3.8) is 0 Å². The standard InChI is InChI=1S/C20H18BCl2N2O/c1-12(2)8-16-19(14-6-7-17(22)18(23)10-14)25-20(21-16)24-15-5-3-4-13(9-15)11-26/h3-7,9-12H,8H2,1-2H3,(H,24,25). The second kappa shape index (κ2) is 8.11. The number of aldehydes is 1. The predicted molar refractivity (Wildman–Crippen MR) is 111 cm³/mol. The van der Waals surface area contributed by atoms with Gasteiger partial charge in [0.05, 0.1) is 21.5 Å². The molecule has 0 aromatic heterocycles. The van der Waals surface area contributed by atoms with Crippen molar-refractivity contribution in [1.82, 2.24) is 0 Å². The average molecular weight is 384 g/mol. The summed E-state index contributed by atoms with van der Waals surface area (Å²) in [6.07, 6.45) is 1.73. The van der Waals surface area contributed by atoms with Gasteiger partial charge in [0.1, 0.15) is 6.29 Å². The van der Waals surface area contributed by atoms with Crippen LogP contribution in [0, 0.1) is 5.92 Å². The van der Waals surface area contributed by atoms with Crippen LogP contribution in [-0.2, 0) is 0 Å². The Labute approximate surface area is 164 Å². The van der Waals surface area contributed by atoms with Gasteiger partial charge in [-0.05, 0) is 36.6 Å². The van der Waals surface area contributed by atoms with Crippen molar-refractivity contribution in [1.29, 1.82) is 0 Å². The number of aliphatic imine (C=N–C) groups is 1. The highest BCUT2D eigenvalue weighted by molar-refractivity contribution is 6.85. The Bertz CT molecular complexity index is 906. The molecule has 0 unspecified atom stereocenters. The van der Waals surface area contributed by atoms with E-state index in [9.17, 15) is 4.79 Å². The van der Waals surface area contributed by atoms with Gasteiger partial charge in [-0.2, -0.15) is 0 Å². The molecule has 0 saturated heterocycles. The maximum atomic E-state index is 11.0. The third-order valence-electron chi connectivity index (χ3n) is 3.96. The summed E-state index contributed by atoms with van der Waals surface area (Å²) < 4.78 is 0. The molecule has 0 bridgehead atoms. The number of nitrogens with one attached hydrogen (secondary N) is 1. The molecule has 0 atom stereocenters. The van der Waals surface area contributed by atoms with Gasteiger partial charge in [-0.15, -0.1) is 0 Å². The smallest absolute Gasteiger partial charge is 0.237 e. The number of anilines is 1. The minimum Gasteiger partial charge on any atom is -0.352 e. The van der Waals surface area contributed by atoms with Crippen LogP contribution in [0.1, 0.15) is 36.2 Å². The summed E-state index contributed by atoms with van der Waals surface area (Å²) in [5.74, 6) is 0.493. The monoisotopic (exact) mass is 383 g/mol. The number of carbonyl (C=O) groups excluding carboxylic acids is 1. The van der Waals surface area contributed by atoms with Crippen molar-refractivity contribution in [3.05, 3.63) is 69.1 Å². The van der Waals surface area contributed by atoms with Gasteiger partial charge in [0.2, 0.25) is 7.28 Å². The van der Waals surface area contributed by atoms with Gasteiger partial charge in [0.15, 0.2) is 0 Å². The van der Waals surface area contributed by atoms with E-state index in [4.69, 9.17) is 28.2 Å². The van der Waals surface area contributed by atoms with Gasteiger partial charge in [0.25, 0.3) is 0 Å². The van der Waals surface area contributed by atoms with Crippen molar-refractivity contribution in [2.24, 2.45) is 10.9 Å². The first-order chi connectivity index (χ1) is 12.5. The van der Waals surface area contributed by atoms with E-state index >= 15 is 0 Å². The summed E-state index contributed by atoms with van der Waals surface area (Å²) in [5, 5.41) is 4.31. The van der Waals surface area contributed by atoms with Crippen LogP contribution in [0.2, 0.25) is 10.0 Å². The number of rotatable bonds is 5. The van der Waals surface area contributed by atoms with Gasteiger partial charge >= 0.3 is 0 Å². The molecule has 2 aromatic carbocycles. The molecule has 0 saturated carbocycles. The number of allylic oxidation sites excluding steroid dienone is 1. The van der Waals surface area contributed by atoms with Crippen LogP contribution in [0.3, 0.4) is 0 Å². The Hall–Kier alpha value is -2.04. The molecule has 1 N–H and O–H groups in total. The Morgan fingerprint density at radius 2 is 1.96 bits per heavy atom. The Kier molecular flexibility index (Phi) is 5.85. The topological polar surface area (TPSA) is 41.5 Å². The molecule has 1 radical (unpaired) electrons. The minimum absolute atomic E-state index is 0.493. The number of amidine groups is 1. The lowest BCUT2D eigenvalue weighted by Gasteiger charge is -2.09. The molecular weight excluding hydrogens is 366 g/mol. The normalized spacial score (nSPS) is 13.7. The van der Waals surface area contributed by atoms with E-state index in [1.807, 2.05) is 31.5 Å². The summed E-state index contributed by atoms with van der Waals surface area (Å²) in [5.41, 5.74) is 5.16. The van der Waals surface area contributed by atoms with Crippen molar-refractivity contribution in [2.45, 2.75) is 20.3 Å². The highest BCUT2D eigenvalue weighted by atomic mass is 35.5. The van der Waals surface area contributed by atoms with E-state index in [1.165, 1.54) is 0 Å². The first-order valence-corrected chi connectivity index (χ1v) is 9.16. The van der Waals surface area contributed by atoms with Crippen molar-refractivity contribution in [2.75, 3.05) is 5.32 Å². The number of carbonyl (C=O) groups is 1. The predicted octanol–water partition coefficient (Wildman–Crippen LogP) is 5.71. The zero-order valence-electron chi connectivity index (χ0n) is 14.6. The van der Waals surface area contributed by atoms with Gasteiger partial charge in [-0.25, -0.2) is 4.99 Å². The molecule has 2 aromatic rings. The van der Waals surface area contributed by atoms with Crippen LogP contribution in [0.15, 0.2) is 52.9 Å². The number of hydrogen-bond donors (Lipinski definition) is 1. The largest absolute Gasteiger partial charge is 0.352 e. The summed E-state index contributed by atoms with van der Waals surface area (Å²) in [4.78, 5) is 15.7. The molecule has 3 nitrogen and oxygen atoms in total. The van der Waals surface area contributed by atoms with Crippen LogP contribution in [0.4, 0.5) is 5.69 Å². The molecule has 1 heterocycles. The van der Waals surface area contributed by atoms with Gasteiger partial charge < -0.3 is 5.32 Å². The lowest BCUT2D eigenvalue weighted by atomic mass is 9.66. The number of halogens is 2. The maximum Gasteiger partial charge on any atom is 0.237 e. The third kappa shape index (κ3) is 4.38. The molecule has 0 amide bonds. The van der Waals surface area contributed by atoms with Crippen LogP contribution < -0.4 is 5.32 Å². The van der Waals surface area contributed by atoms with E-state index in [2.05, 4.69) is 19.2 Å². The fourth-order valence-corrected chi connectivity index (χ4v) is 3.15. The van der Waals surface area contributed by atoms with E-state index in [-0.39, 0.29) is 0 Å². The zero-order chi connectivity index (χ0) is 18.7. The molecule has 131 valence electrons.